The molecule has 3 atom stereocenters. The second-order valence-electron chi connectivity index (χ2n) is 5.53. The van der Waals surface area contributed by atoms with Gasteiger partial charge in [0.1, 0.15) is 11.9 Å². The number of nitrogens with one attached hydrogen (secondary N) is 1. The Morgan fingerprint density at radius 1 is 1.29 bits per heavy atom. The summed E-state index contributed by atoms with van der Waals surface area (Å²) >= 11 is 0. The molecule has 4 heteroatoms. The van der Waals surface area contributed by atoms with Gasteiger partial charge in [0.2, 0.25) is 0 Å². The SMILES string of the molecule is CCCOc1cc(C)ccc1NC1CC(OCC)C1OC. The Balaban J connectivity index is 2.02. The zero-order valence-electron chi connectivity index (χ0n) is 13.5. The van der Waals surface area contributed by atoms with Gasteiger partial charge in [-0.15, -0.1) is 0 Å². The summed E-state index contributed by atoms with van der Waals surface area (Å²) in [5.41, 5.74) is 2.24. The molecule has 1 saturated carbocycles. The molecule has 0 aromatic heterocycles. The summed E-state index contributed by atoms with van der Waals surface area (Å²) in [5, 5.41) is 3.54. The Bertz CT molecular complexity index is 450. The quantitative estimate of drug-likeness (QED) is 0.797. The van der Waals surface area contributed by atoms with Gasteiger partial charge in [-0.1, -0.05) is 13.0 Å². The van der Waals surface area contributed by atoms with Crippen LogP contribution in [0.2, 0.25) is 0 Å². The average molecular weight is 293 g/mol. The van der Waals surface area contributed by atoms with Crippen molar-refractivity contribution in [3.05, 3.63) is 23.8 Å². The van der Waals surface area contributed by atoms with Crippen molar-refractivity contribution >= 4 is 5.69 Å². The number of hydrogen-bond donors (Lipinski definition) is 1. The standard InChI is InChI=1S/C17H27NO3/c1-5-9-21-15-10-12(3)7-8-13(15)18-14-11-16(20-6-2)17(14)19-4/h7-8,10,14,16-18H,5-6,9,11H2,1-4H3. The van der Waals surface area contributed by atoms with E-state index in [1.54, 1.807) is 7.11 Å². The largest absolute Gasteiger partial charge is 0.491 e. The Morgan fingerprint density at radius 3 is 2.76 bits per heavy atom. The third-order valence-electron chi connectivity index (χ3n) is 3.84. The van der Waals surface area contributed by atoms with Crippen molar-refractivity contribution in [2.75, 3.05) is 25.6 Å². The van der Waals surface area contributed by atoms with E-state index in [4.69, 9.17) is 14.2 Å². The molecular formula is C17H27NO3. The van der Waals surface area contributed by atoms with Gasteiger partial charge in [-0.2, -0.15) is 0 Å². The van der Waals surface area contributed by atoms with Gasteiger partial charge in [0.15, 0.2) is 0 Å². The van der Waals surface area contributed by atoms with Crippen molar-refractivity contribution in [3.63, 3.8) is 0 Å². The zero-order chi connectivity index (χ0) is 15.2. The van der Waals surface area contributed by atoms with Crippen LogP contribution in [-0.2, 0) is 9.47 Å². The van der Waals surface area contributed by atoms with Gasteiger partial charge in [0.05, 0.1) is 24.4 Å². The van der Waals surface area contributed by atoms with Crippen molar-refractivity contribution in [1.82, 2.24) is 0 Å². The minimum atomic E-state index is 0.102. The minimum Gasteiger partial charge on any atom is -0.491 e. The fraction of sp³-hybridized carbons (Fsp3) is 0.647. The summed E-state index contributed by atoms with van der Waals surface area (Å²) in [5.74, 6) is 0.923. The summed E-state index contributed by atoms with van der Waals surface area (Å²) in [7, 11) is 1.74. The van der Waals surface area contributed by atoms with Crippen molar-refractivity contribution in [1.29, 1.82) is 0 Å². The number of hydrogen-bond acceptors (Lipinski definition) is 4. The molecule has 0 saturated heterocycles. The van der Waals surface area contributed by atoms with E-state index in [0.717, 1.165) is 37.5 Å². The lowest BCUT2D eigenvalue weighted by Crippen LogP contribution is -2.56. The molecule has 1 fully saturated rings. The zero-order valence-corrected chi connectivity index (χ0v) is 13.5. The first-order valence-corrected chi connectivity index (χ1v) is 7.84. The fourth-order valence-corrected chi connectivity index (χ4v) is 2.70. The first kappa shape index (κ1) is 16.1. The molecular weight excluding hydrogens is 266 g/mol. The van der Waals surface area contributed by atoms with Gasteiger partial charge in [-0.25, -0.2) is 0 Å². The monoisotopic (exact) mass is 293 g/mol. The first-order valence-electron chi connectivity index (χ1n) is 7.84. The van der Waals surface area contributed by atoms with E-state index < -0.39 is 0 Å². The van der Waals surface area contributed by atoms with Crippen molar-refractivity contribution in [2.45, 2.75) is 51.9 Å². The van der Waals surface area contributed by atoms with E-state index in [1.807, 2.05) is 6.92 Å². The summed E-state index contributed by atoms with van der Waals surface area (Å²) in [6, 6.07) is 6.54. The molecule has 3 unspecified atom stereocenters. The molecule has 0 amide bonds. The van der Waals surface area contributed by atoms with Gasteiger partial charge >= 0.3 is 0 Å². The predicted octanol–water partition coefficient (Wildman–Crippen LogP) is 3.39. The normalized spacial score (nSPS) is 24.5. The summed E-state index contributed by atoms with van der Waals surface area (Å²) in [6.45, 7) is 7.67. The number of rotatable bonds is 8. The average Bonchev–Trinajstić information content (AvgIpc) is 2.46. The van der Waals surface area contributed by atoms with E-state index in [9.17, 15) is 0 Å². The predicted molar refractivity (Wildman–Crippen MR) is 85.2 cm³/mol. The summed E-state index contributed by atoms with van der Waals surface area (Å²) in [6.07, 6.45) is 2.27. The smallest absolute Gasteiger partial charge is 0.142 e. The molecule has 0 radical (unpaired) electrons. The molecule has 0 spiro atoms. The molecule has 2 rings (SSSR count). The molecule has 1 aliphatic carbocycles. The van der Waals surface area contributed by atoms with E-state index in [1.165, 1.54) is 5.56 Å². The van der Waals surface area contributed by atoms with Gasteiger partial charge in [0.25, 0.3) is 0 Å². The van der Waals surface area contributed by atoms with Crippen LogP contribution in [0.3, 0.4) is 0 Å². The Morgan fingerprint density at radius 2 is 2.10 bits per heavy atom. The summed E-state index contributed by atoms with van der Waals surface area (Å²) < 4.78 is 17.1. The maximum absolute atomic E-state index is 5.85. The minimum absolute atomic E-state index is 0.102. The van der Waals surface area contributed by atoms with Crippen LogP contribution in [0.15, 0.2) is 18.2 Å². The van der Waals surface area contributed by atoms with Crippen molar-refractivity contribution in [3.8, 4) is 5.75 Å². The van der Waals surface area contributed by atoms with Gasteiger partial charge in [-0.3, -0.25) is 0 Å². The van der Waals surface area contributed by atoms with Gasteiger partial charge in [0, 0.05) is 13.7 Å². The van der Waals surface area contributed by atoms with Crippen LogP contribution >= 0.6 is 0 Å². The van der Waals surface area contributed by atoms with E-state index in [0.29, 0.717) is 0 Å². The maximum atomic E-state index is 5.85. The molecule has 1 aromatic carbocycles. The van der Waals surface area contributed by atoms with E-state index in [2.05, 4.69) is 37.4 Å². The highest BCUT2D eigenvalue weighted by molar-refractivity contribution is 5.58. The van der Waals surface area contributed by atoms with Crippen LogP contribution in [0.4, 0.5) is 5.69 Å². The second kappa shape index (κ2) is 7.66. The Labute approximate surface area is 127 Å². The Hall–Kier alpha value is -1.26. The molecule has 0 aliphatic heterocycles. The number of methoxy groups -OCH3 is 1. The van der Waals surface area contributed by atoms with E-state index >= 15 is 0 Å². The third kappa shape index (κ3) is 3.89. The lowest BCUT2D eigenvalue weighted by molar-refractivity contribution is -0.118. The molecule has 118 valence electrons. The van der Waals surface area contributed by atoms with Crippen LogP contribution in [0.1, 0.15) is 32.3 Å². The highest BCUT2D eigenvalue weighted by Gasteiger charge is 2.42. The van der Waals surface area contributed by atoms with Gasteiger partial charge in [-0.05, 0) is 44.4 Å². The number of anilines is 1. The maximum Gasteiger partial charge on any atom is 0.142 e. The summed E-state index contributed by atoms with van der Waals surface area (Å²) in [4.78, 5) is 0. The number of aryl methyl sites for hydroxylation is 1. The molecule has 0 heterocycles. The second-order valence-corrected chi connectivity index (χ2v) is 5.53. The lowest BCUT2D eigenvalue weighted by Gasteiger charge is -2.43. The van der Waals surface area contributed by atoms with E-state index in [-0.39, 0.29) is 18.2 Å². The highest BCUT2D eigenvalue weighted by Crippen LogP contribution is 2.33. The molecule has 1 aliphatic rings. The molecule has 0 bridgehead atoms. The lowest BCUT2D eigenvalue weighted by atomic mass is 9.85. The van der Waals surface area contributed by atoms with Crippen molar-refractivity contribution < 1.29 is 14.2 Å². The van der Waals surface area contributed by atoms with Gasteiger partial charge < -0.3 is 19.5 Å². The van der Waals surface area contributed by atoms with Crippen LogP contribution < -0.4 is 10.1 Å². The topological polar surface area (TPSA) is 39.7 Å². The molecule has 21 heavy (non-hydrogen) atoms. The van der Waals surface area contributed by atoms with Crippen LogP contribution in [-0.4, -0.2) is 38.6 Å². The first-order chi connectivity index (χ1) is 10.2. The third-order valence-corrected chi connectivity index (χ3v) is 3.84. The fourth-order valence-electron chi connectivity index (χ4n) is 2.70. The van der Waals surface area contributed by atoms with Crippen molar-refractivity contribution in [2.24, 2.45) is 0 Å². The molecule has 1 aromatic rings. The Kier molecular flexibility index (Phi) is 5.88. The number of ether oxygens (including phenoxy) is 3. The number of benzene rings is 1. The van der Waals surface area contributed by atoms with Crippen LogP contribution in [0.25, 0.3) is 0 Å². The van der Waals surface area contributed by atoms with Crippen LogP contribution in [0, 0.1) is 6.92 Å². The molecule has 1 N–H and O–H groups in total. The van der Waals surface area contributed by atoms with Crippen LogP contribution in [0.5, 0.6) is 5.75 Å². The molecule has 4 nitrogen and oxygen atoms in total. The highest BCUT2D eigenvalue weighted by atomic mass is 16.5.